The van der Waals surface area contributed by atoms with E-state index in [9.17, 15) is 19.5 Å². The monoisotopic (exact) mass is 397 g/mol. The van der Waals surface area contributed by atoms with Gasteiger partial charge < -0.3 is 15.5 Å². The van der Waals surface area contributed by atoms with Crippen LogP contribution in [0.4, 0.5) is 0 Å². The molecule has 0 aromatic heterocycles. The number of aldehydes is 1. The minimum absolute atomic E-state index is 0.0775. The molecule has 0 aliphatic carbocycles. The van der Waals surface area contributed by atoms with Crippen LogP contribution in [-0.4, -0.2) is 45.0 Å². The summed E-state index contributed by atoms with van der Waals surface area (Å²) in [4.78, 5) is 33.1. The van der Waals surface area contributed by atoms with Crippen LogP contribution in [0.2, 0.25) is 0 Å². The Kier molecular flexibility index (Phi) is 5.85. The van der Waals surface area contributed by atoms with Gasteiger partial charge in [0.25, 0.3) is 0 Å². The normalized spacial score (nSPS) is 17.8. The molecule has 1 aliphatic rings. The summed E-state index contributed by atoms with van der Waals surface area (Å²) in [6.45, 7) is 0. The molecule has 1 unspecified atom stereocenters. The fourth-order valence-electron chi connectivity index (χ4n) is 2.48. The number of nitrogens with zero attached hydrogens (tertiary/aromatic N) is 2. The fraction of sp³-hybridized carbons (Fsp3) is 0.105. The first kappa shape index (κ1) is 19.3. The van der Waals surface area contributed by atoms with Crippen molar-refractivity contribution >= 4 is 41.3 Å². The first-order valence-electron chi connectivity index (χ1n) is 8.15. The Balaban J connectivity index is 1.66. The highest BCUT2D eigenvalue weighted by molar-refractivity contribution is 8.15. The molecule has 1 heterocycles. The number of amides is 1. The van der Waals surface area contributed by atoms with Crippen molar-refractivity contribution in [3.8, 4) is 16.9 Å². The Morgan fingerprint density at radius 3 is 2.54 bits per heavy atom. The van der Waals surface area contributed by atoms with E-state index >= 15 is 0 Å². The number of aliphatic carboxylic acids is 1. The van der Waals surface area contributed by atoms with Crippen LogP contribution < -0.4 is 5.32 Å². The van der Waals surface area contributed by atoms with Gasteiger partial charge in [-0.1, -0.05) is 42.1 Å². The van der Waals surface area contributed by atoms with Gasteiger partial charge in [-0.2, -0.15) is 5.10 Å². The smallest absolute Gasteiger partial charge is 0.305 e. The summed E-state index contributed by atoms with van der Waals surface area (Å²) in [5.41, 5.74) is 2.61. The van der Waals surface area contributed by atoms with Gasteiger partial charge in [-0.25, -0.2) is 0 Å². The summed E-state index contributed by atoms with van der Waals surface area (Å²) in [5.74, 6) is -1.52. The summed E-state index contributed by atoms with van der Waals surface area (Å²) in [6.07, 6.45) is 1.82. The van der Waals surface area contributed by atoms with Gasteiger partial charge in [0.15, 0.2) is 11.5 Å². The highest BCUT2D eigenvalue weighted by atomic mass is 32.2. The summed E-state index contributed by atoms with van der Waals surface area (Å²) in [7, 11) is 0. The number of thioether (sulfide) groups is 1. The number of nitrogens with one attached hydrogen (secondary N) is 1. The molecule has 2 aromatic carbocycles. The summed E-state index contributed by atoms with van der Waals surface area (Å²) in [5, 5.41) is 28.4. The van der Waals surface area contributed by atoms with Gasteiger partial charge in [-0.15, -0.1) is 5.10 Å². The van der Waals surface area contributed by atoms with Crippen molar-refractivity contribution in [2.45, 2.75) is 11.7 Å². The highest BCUT2D eigenvalue weighted by Crippen LogP contribution is 2.26. The van der Waals surface area contributed by atoms with Gasteiger partial charge >= 0.3 is 5.97 Å². The van der Waals surface area contributed by atoms with E-state index in [2.05, 4.69) is 15.5 Å². The number of phenolic OH excluding ortho intramolecular Hbond substituents is 1. The Labute approximate surface area is 164 Å². The van der Waals surface area contributed by atoms with Crippen LogP contribution in [0.1, 0.15) is 22.3 Å². The molecule has 0 bridgehead atoms. The van der Waals surface area contributed by atoms with Crippen LogP contribution in [0.25, 0.3) is 11.1 Å². The first-order valence-corrected chi connectivity index (χ1v) is 9.03. The number of rotatable bonds is 6. The molecule has 3 N–H and O–H groups in total. The number of carboxylic acids is 1. The maximum Gasteiger partial charge on any atom is 0.305 e. The molecule has 0 spiro atoms. The van der Waals surface area contributed by atoms with E-state index in [4.69, 9.17) is 5.11 Å². The Morgan fingerprint density at radius 1 is 1.18 bits per heavy atom. The van der Waals surface area contributed by atoms with Crippen LogP contribution in [0.5, 0.6) is 5.75 Å². The number of carbonyl (C=O) groups excluding carboxylic acids is 2. The Morgan fingerprint density at radius 2 is 1.89 bits per heavy atom. The van der Waals surface area contributed by atoms with Crippen LogP contribution >= 0.6 is 11.8 Å². The number of phenols is 1. The molecule has 1 saturated heterocycles. The van der Waals surface area contributed by atoms with Crippen LogP contribution in [-0.2, 0) is 9.59 Å². The molecule has 1 fully saturated rings. The summed E-state index contributed by atoms with van der Waals surface area (Å²) in [6, 6.07) is 12.1. The number of hydrogen-bond acceptors (Lipinski definition) is 7. The zero-order chi connectivity index (χ0) is 20.1. The molecule has 1 atom stereocenters. The average molecular weight is 397 g/mol. The van der Waals surface area contributed by atoms with Crippen molar-refractivity contribution in [2.75, 3.05) is 0 Å². The van der Waals surface area contributed by atoms with Gasteiger partial charge in [0.2, 0.25) is 5.91 Å². The van der Waals surface area contributed by atoms with Crippen molar-refractivity contribution in [1.82, 2.24) is 5.32 Å². The Bertz CT molecular complexity index is 986. The van der Waals surface area contributed by atoms with Crippen molar-refractivity contribution < 1.29 is 24.6 Å². The van der Waals surface area contributed by atoms with Crippen molar-refractivity contribution in [3.05, 3.63) is 53.6 Å². The lowest BCUT2D eigenvalue weighted by atomic mass is 10.0. The van der Waals surface area contributed by atoms with E-state index in [0.717, 1.165) is 28.5 Å². The van der Waals surface area contributed by atoms with E-state index in [-0.39, 0.29) is 22.9 Å². The Hall–Kier alpha value is -3.46. The number of hydrogen-bond donors (Lipinski definition) is 3. The van der Waals surface area contributed by atoms with E-state index in [1.54, 1.807) is 24.3 Å². The third-order valence-corrected chi connectivity index (χ3v) is 4.97. The molecule has 0 saturated carbocycles. The van der Waals surface area contributed by atoms with Crippen LogP contribution in [0.3, 0.4) is 0 Å². The largest absolute Gasteiger partial charge is 0.507 e. The van der Waals surface area contributed by atoms with E-state index in [1.165, 1.54) is 12.3 Å². The zero-order valence-corrected chi connectivity index (χ0v) is 15.2. The van der Waals surface area contributed by atoms with Crippen molar-refractivity contribution in [2.24, 2.45) is 10.2 Å². The number of amidine groups is 1. The third-order valence-electron chi connectivity index (χ3n) is 3.89. The minimum atomic E-state index is -1.05. The molecule has 1 aliphatic heterocycles. The van der Waals surface area contributed by atoms with Gasteiger partial charge in [0, 0.05) is 0 Å². The average Bonchev–Trinajstić information content (AvgIpc) is 3.01. The summed E-state index contributed by atoms with van der Waals surface area (Å²) < 4.78 is 0. The summed E-state index contributed by atoms with van der Waals surface area (Å²) >= 11 is 1.03. The van der Waals surface area contributed by atoms with E-state index in [1.807, 2.05) is 12.1 Å². The second kappa shape index (κ2) is 8.49. The topological polar surface area (TPSA) is 128 Å². The quantitative estimate of drug-likeness (QED) is 0.390. The lowest BCUT2D eigenvalue weighted by molar-refractivity contribution is -0.138. The molecular formula is C19H15N3O5S. The van der Waals surface area contributed by atoms with Crippen molar-refractivity contribution in [3.63, 3.8) is 0 Å². The molecule has 142 valence electrons. The van der Waals surface area contributed by atoms with E-state index in [0.29, 0.717) is 6.29 Å². The lowest BCUT2D eigenvalue weighted by Gasteiger charge is -2.04. The molecule has 1 amide bonds. The van der Waals surface area contributed by atoms with Crippen molar-refractivity contribution in [1.29, 1.82) is 0 Å². The molecule has 28 heavy (non-hydrogen) atoms. The fourth-order valence-corrected chi connectivity index (χ4v) is 3.39. The van der Waals surface area contributed by atoms with E-state index < -0.39 is 17.1 Å². The number of aromatic hydroxyl groups is 1. The second-order valence-electron chi connectivity index (χ2n) is 5.86. The second-order valence-corrected chi connectivity index (χ2v) is 7.05. The molecule has 9 heteroatoms. The minimum Gasteiger partial charge on any atom is -0.507 e. The van der Waals surface area contributed by atoms with Crippen LogP contribution in [0.15, 0.2) is 52.7 Å². The number of carboxylic acid groups (broad SMARTS) is 1. The predicted octanol–water partition coefficient (Wildman–Crippen LogP) is 2.27. The standard InChI is InChI=1S/C19H15N3O5S/c23-10-14-6-5-13(7-15(14)24)12-3-1-11(2-4-12)9-20-22-19-21-18(27)16(28-19)8-17(25)26/h1-7,9-10,16,24H,8H2,(H,25,26)(H,21,22,27). The molecule has 0 radical (unpaired) electrons. The molecule has 3 rings (SSSR count). The van der Waals surface area contributed by atoms with Gasteiger partial charge in [0.1, 0.15) is 11.0 Å². The molecular weight excluding hydrogens is 382 g/mol. The number of carbonyl (C=O) groups is 3. The maximum atomic E-state index is 11.6. The first-order chi connectivity index (χ1) is 13.5. The highest BCUT2D eigenvalue weighted by Gasteiger charge is 2.32. The molecule has 2 aromatic rings. The SMILES string of the molecule is O=Cc1ccc(-c2ccc(C=NN=C3NC(=O)C(CC(=O)O)S3)cc2)cc1O. The number of benzene rings is 2. The molecule has 8 nitrogen and oxygen atoms in total. The maximum absolute atomic E-state index is 11.6. The van der Waals surface area contributed by atoms with Crippen LogP contribution in [0, 0.1) is 0 Å². The van der Waals surface area contributed by atoms with Gasteiger partial charge in [-0.05, 0) is 28.8 Å². The zero-order valence-electron chi connectivity index (χ0n) is 14.4. The van der Waals surface area contributed by atoms with Gasteiger partial charge in [0.05, 0.1) is 18.2 Å². The third kappa shape index (κ3) is 4.63. The predicted molar refractivity (Wildman–Crippen MR) is 106 cm³/mol. The van der Waals surface area contributed by atoms with Gasteiger partial charge in [-0.3, -0.25) is 14.4 Å². The lowest BCUT2D eigenvalue weighted by Crippen LogP contribution is -2.26.